The molecule has 0 aliphatic heterocycles. The van der Waals surface area contributed by atoms with E-state index in [-0.39, 0.29) is 6.10 Å². The zero-order valence-corrected chi connectivity index (χ0v) is 10.5. The van der Waals surface area contributed by atoms with E-state index in [0.29, 0.717) is 17.9 Å². The Morgan fingerprint density at radius 2 is 2.20 bits per heavy atom. The number of halogens is 1. The second-order valence-electron chi connectivity index (χ2n) is 5.47. The zero-order valence-electron chi connectivity index (χ0n) is 9.79. The summed E-state index contributed by atoms with van der Waals surface area (Å²) in [5, 5.41) is 8.05. The molecule has 1 saturated carbocycles. The van der Waals surface area contributed by atoms with Gasteiger partial charge >= 0.3 is 0 Å². The van der Waals surface area contributed by atoms with E-state index in [4.69, 9.17) is 21.6 Å². The minimum Gasteiger partial charge on any atom is -0.376 e. The second kappa shape index (κ2) is 5.18. The first kappa shape index (κ1) is 12.8. The first-order valence-corrected chi connectivity index (χ1v) is 6.02. The Morgan fingerprint density at radius 1 is 1.53 bits per heavy atom. The molecule has 1 fully saturated rings. The number of nitriles is 1. The van der Waals surface area contributed by atoms with Gasteiger partial charge in [0.25, 0.3) is 0 Å². The Balaban J connectivity index is 2.39. The molecule has 15 heavy (non-hydrogen) atoms. The largest absolute Gasteiger partial charge is 0.376 e. The topological polar surface area (TPSA) is 33.0 Å². The van der Waals surface area contributed by atoms with Crippen molar-refractivity contribution in [2.45, 2.75) is 51.5 Å². The molecule has 0 heterocycles. The molecule has 0 spiro atoms. The van der Waals surface area contributed by atoms with Gasteiger partial charge in [-0.3, -0.25) is 0 Å². The zero-order chi connectivity index (χ0) is 11.5. The number of nitrogens with zero attached hydrogens (tertiary/aromatic N) is 1. The molecule has 3 heteroatoms. The number of alkyl halides is 1. The summed E-state index contributed by atoms with van der Waals surface area (Å²) in [6, 6.07) is 1.98. The second-order valence-corrected chi connectivity index (χ2v) is 5.99. The molecular formula is C12H20ClNO. The van der Waals surface area contributed by atoms with Gasteiger partial charge in [-0.1, -0.05) is 20.8 Å². The number of hydrogen-bond donors (Lipinski definition) is 0. The molecule has 0 aromatic heterocycles. The predicted octanol–water partition coefficient (Wildman–Crippen LogP) is 3.35. The van der Waals surface area contributed by atoms with Crippen molar-refractivity contribution >= 4 is 11.6 Å². The summed E-state index contributed by atoms with van der Waals surface area (Å²) in [6.07, 6.45) is 3.71. The molecule has 1 aliphatic rings. The normalized spacial score (nSPS) is 31.9. The molecule has 0 aromatic carbocycles. The average molecular weight is 230 g/mol. The van der Waals surface area contributed by atoms with Crippen LogP contribution in [-0.4, -0.2) is 18.1 Å². The van der Waals surface area contributed by atoms with E-state index in [1.165, 1.54) is 6.42 Å². The summed E-state index contributed by atoms with van der Waals surface area (Å²) in [5.41, 5.74) is 0.358. The van der Waals surface area contributed by atoms with Crippen molar-refractivity contribution in [2.75, 3.05) is 6.61 Å². The lowest BCUT2D eigenvalue weighted by molar-refractivity contribution is -0.0198. The van der Waals surface area contributed by atoms with E-state index < -0.39 is 5.38 Å². The first-order valence-electron chi connectivity index (χ1n) is 5.58. The summed E-state index contributed by atoms with van der Waals surface area (Å²) in [7, 11) is 0. The highest BCUT2D eigenvalue weighted by atomic mass is 35.5. The molecule has 0 N–H and O–H groups in total. The molecule has 0 amide bonds. The molecule has 1 rings (SSSR count). The van der Waals surface area contributed by atoms with Crippen LogP contribution in [0, 0.1) is 22.7 Å². The fourth-order valence-electron chi connectivity index (χ4n) is 2.64. The van der Waals surface area contributed by atoms with Crippen molar-refractivity contribution in [1.29, 1.82) is 5.26 Å². The van der Waals surface area contributed by atoms with Gasteiger partial charge in [-0.15, -0.1) is 11.6 Å². The summed E-state index contributed by atoms with van der Waals surface area (Å²) in [5.74, 6) is 0.703. The number of rotatable bonds is 3. The van der Waals surface area contributed by atoms with Crippen molar-refractivity contribution in [3.05, 3.63) is 0 Å². The van der Waals surface area contributed by atoms with Gasteiger partial charge in [0.2, 0.25) is 0 Å². The van der Waals surface area contributed by atoms with Crippen molar-refractivity contribution in [2.24, 2.45) is 11.3 Å². The first-order chi connectivity index (χ1) is 6.93. The van der Waals surface area contributed by atoms with Gasteiger partial charge in [-0.05, 0) is 30.6 Å². The molecule has 2 nitrogen and oxygen atoms in total. The van der Waals surface area contributed by atoms with Crippen molar-refractivity contribution in [1.82, 2.24) is 0 Å². The van der Waals surface area contributed by atoms with Crippen LogP contribution in [0.1, 0.15) is 40.0 Å². The fourth-order valence-corrected chi connectivity index (χ4v) is 2.72. The maximum Gasteiger partial charge on any atom is 0.143 e. The van der Waals surface area contributed by atoms with Crippen LogP contribution in [0.2, 0.25) is 0 Å². The van der Waals surface area contributed by atoms with Crippen LogP contribution in [0.4, 0.5) is 0 Å². The van der Waals surface area contributed by atoms with Gasteiger partial charge in [-0.25, -0.2) is 0 Å². The van der Waals surface area contributed by atoms with E-state index in [9.17, 15) is 0 Å². The van der Waals surface area contributed by atoms with Gasteiger partial charge in [0.05, 0.1) is 18.8 Å². The Kier molecular flexibility index (Phi) is 4.43. The van der Waals surface area contributed by atoms with Crippen LogP contribution in [0.5, 0.6) is 0 Å². The smallest absolute Gasteiger partial charge is 0.143 e. The highest BCUT2D eigenvalue weighted by molar-refractivity contribution is 6.22. The van der Waals surface area contributed by atoms with Crippen LogP contribution in [0.15, 0.2) is 0 Å². The highest BCUT2D eigenvalue weighted by Crippen LogP contribution is 2.39. The summed E-state index contributed by atoms with van der Waals surface area (Å²) < 4.78 is 5.69. The Labute approximate surface area is 97.6 Å². The third kappa shape index (κ3) is 4.40. The molecular weight excluding hydrogens is 210 g/mol. The summed E-state index contributed by atoms with van der Waals surface area (Å²) >= 11 is 5.71. The minimum atomic E-state index is -0.509. The van der Waals surface area contributed by atoms with E-state index in [0.717, 1.165) is 12.8 Å². The Hall–Kier alpha value is -0.260. The van der Waals surface area contributed by atoms with Crippen LogP contribution >= 0.6 is 11.6 Å². The monoisotopic (exact) mass is 229 g/mol. The van der Waals surface area contributed by atoms with Gasteiger partial charge in [0.15, 0.2) is 0 Å². The van der Waals surface area contributed by atoms with E-state index in [1.54, 1.807) is 0 Å². The summed E-state index contributed by atoms with van der Waals surface area (Å²) in [4.78, 5) is 0. The molecule has 3 unspecified atom stereocenters. The molecule has 0 saturated heterocycles. The standard InChI is InChI=1S/C12H20ClNO/c1-9-4-11(6-12(2,3)5-9)15-8-10(13)7-14/h9-11H,4-6,8H2,1-3H3. The minimum absolute atomic E-state index is 0.276. The van der Waals surface area contributed by atoms with Crippen LogP contribution in [0.3, 0.4) is 0 Å². The lowest BCUT2D eigenvalue weighted by atomic mass is 9.71. The average Bonchev–Trinajstić information content (AvgIpc) is 2.11. The molecule has 86 valence electrons. The van der Waals surface area contributed by atoms with Gasteiger partial charge in [0.1, 0.15) is 5.38 Å². The summed E-state index contributed by atoms with van der Waals surface area (Å²) in [6.45, 7) is 7.17. The number of hydrogen-bond acceptors (Lipinski definition) is 2. The lowest BCUT2D eigenvalue weighted by Crippen LogP contribution is -2.33. The van der Waals surface area contributed by atoms with Gasteiger partial charge < -0.3 is 4.74 Å². The van der Waals surface area contributed by atoms with Crippen molar-refractivity contribution in [3.63, 3.8) is 0 Å². The molecule has 1 aliphatic carbocycles. The maximum absolute atomic E-state index is 8.56. The molecule has 0 radical (unpaired) electrons. The highest BCUT2D eigenvalue weighted by Gasteiger charge is 2.32. The Bertz CT molecular complexity index is 246. The third-order valence-electron chi connectivity index (χ3n) is 2.96. The van der Waals surface area contributed by atoms with E-state index in [2.05, 4.69) is 20.8 Å². The fraction of sp³-hybridized carbons (Fsp3) is 0.917. The molecule has 0 aromatic rings. The van der Waals surface area contributed by atoms with Gasteiger partial charge in [-0.2, -0.15) is 5.26 Å². The van der Waals surface area contributed by atoms with Crippen LogP contribution < -0.4 is 0 Å². The van der Waals surface area contributed by atoms with Crippen LogP contribution in [0.25, 0.3) is 0 Å². The third-order valence-corrected chi connectivity index (χ3v) is 3.19. The van der Waals surface area contributed by atoms with Crippen molar-refractivity contribution < 1.29 is 4.74 Å². The van der Waals surface area contributed by atoms with E-state index in [1.807, 2.05) is 6.07 Å². The SMILES string of the molecule is CC1CC(OCC(Cl)C#N)CC(C)(C)C1. The quantitative estimate of drug-likeness (QED) is 0.696. The van der Waals surface area contributed by atoms with E-state index >= 15 is 0 Å². The number of ether oxygens (including phenoxy) is 1. The maximum atomic E-state index is 8.56. The van der Waals surface area contributed by atoms with Gasteiger partial charge in [0, 0.05) is 0 Å². The predicted molar refractivity (Wildman–Crippen MR) is 61.8 cm³/mol. The molecule has 3 atom stereocenters. The Morgan fingerprint density at radius 3 is 2.73 bits per heavy atom. The molecule has 0 bridgehead atoms. The van der Waals surface area contributed by atoms with Crippen molar-refractivity contribution in [3.8, 4) is 6.07 Å². The van der Waals surface area contributed by atoms with Crippen LogP contribution in [-0.2, 0) is 4.74 Å². The lowest BCUT2D eigenvalue weighted by Gasteiger charge is -2.38.